The Morgan fingerprint density at radius 3 is 2.76 bits per heavy atom. The lowest BCUT2D eigenvalue weighted by atomic mass is 9.95. The summed E-state index contributed by atoms with van der Waals surface area (Å²) in [5.74, 6) is -0.871. The minimum absolute atomic E-state index is 0.0924. The van der Waals surface area contributed by atoms with Crippen molar-refractivity contribution in [2.24, 2.45) is 0 Å². The molecule has 1 aromatic carbocycles. The van der Waals surface area contributed by atoms with Gasteiger partial charge < -0.3 is 10.1 Å². The topological polar surface area (TPSA) is 64.1 Å². The summed E-state index contributed by atoms with van der Waals surface area (Å²) in [4.78, 5) is 19.4. The molecule has 148 valence electrons. The maximum absolute atomic E-state index is 14.6. The summed E-state index contributed by atoms with van der Waals surface area (Å²) in [5, 5.41) is 2.71. The number of nitrogens with one attached hydrogen (secondary N) is 1. The van der Waals surface area contributed by atoms with Crippen LogP contribution in [0.3, 0.4) is 0 Å². The predicted octanol–water partition coefficient (Wildman–Crippen LogP) is 4.12. The SMILES string of the molecule is Cc1c(COc2cccc(F)n2)cncc1Cc1cc2c(cc1F)NC(=O)CC2. The molecular formula is C22H19F2N3O2. The first kappa shape index (κ1) is 19.0. The van der Waals surface area contributed by atoms with Crippen molar-refractivity contribution < 1.29 is 18.3 Å². The van der Waals surface area contributed by atoms with E-state index >= 15 is 0 Å². The zero-order chi connectivity index (χ0) is 20.4. The lowest BCUT2D eigenvalue weighted by molar-refractivity contribution is -0.116. The summed E-state index contributed by atoms with van der Waals surface area (Å²) < 4.78 is 33.3. The molecule has 2 aromatic heterocycles. The molecular weight excluding hydrogens is 376 g/mol. The third-order valence-corrected chi connectivity index (χ3v) is 5.04. The zero-order valence-electron chi connectivity index (χ0n) is 15.8. The normalized spacial score (nSPS) is 13.0. The standard InChI is InChI=1S/C22H19F2N3O2/c1-13-16(8-15-7-14-5-6-21(28)26-19(14)9-18(15)23)10-25-11-17(13)12-29-22-4-2-3-20(24)27-22/h2-4,7,9-11H,5-6,8,12H2,1H3,(H,26,28). The molecule has 3 aromatic rings. The highest BCUT2D eigenvalue weighted by Gasteiger charge is 2.18. The highest BCUT2D eigenvalue weighted by atomic mass is 19.1. The van der Waals surface area contributed by atoms with E-state index in [-0.39, 0.29) is 24.2 Å². The number of hydrogen-bond acceptors (Lipinski definition) is 4. The molecule has 0 saturated heterocycles. The van der Waals surface area contributed by atoms with Gasteiger partial charge in [0.1, 0.15) is 12.4 Å². The van der Waals surface area contributed by atoms with Crippen LogP contribution in [0.2, 0.25) is 0 Å². The van der Waals surface area contributed by atoms with Crippen molar-refractivity contribution in [3.63, 3.8) is 0 Å². The summed E-state index contributed by atoms with van der Waals surface area (Å²) in [6, 6.07) is 7.55. The second-order valence-electron chi connectivity index (χ2n) is 7.00. The molecule has 0 aliphatic carbocycles. The van der Waals surface area contributed by atoms with Crippen LogP contribution >= 0.6 is 0 Å². The van der Waals surface area contributed by atoms with E-state index in [9.17, 15) is 13.6 Å². The molecule has 0 spiro atoms. The number of carbonyl (C=O) groups excluding carboxylic acids is 1. The number of halogens is 2. The molecule has 4 rings (SSSR count). The van der Waals surface area contributed by atoms with E-state index in [2.05, 4.69) is 15.3 Å². The molecule has 0 fully saturated rings. The molecule has 1 amide bonds. The van der Waals surface area contributed by atoms with Crippen molar-refractivity contribution in [2.45, 2.75) is 32.8 Å². The largest absolute Gasteiger partial charge is 0.473 e. The maximum atomic E-state index is 14.6. The van der Waals surface area contributed by atoms with Gasteiger partial charge in [0.25, 0.3) is 0 Å². The van der Waals surface area contributed by atoms with Crippen LogP contribution < -0.4 is 10.1 Å². The lowest BCUT2D eigenvalue weighted by Crippen LogP contribution is -2.19. The third-order valence-electron chi connectivity index (χ3n) is 5.04. The van der Waals surface area contributed by atoms with Gasteiger partial charge >= 0.3 is 0 Å². The van der Waals surface area contributed by atoms with E-state index in [1.54, 1.807) is 18.5 Å². The summed E-state index contributed by atoms with van der Waals surface area (Å²) in [7, 11) is 0. The molecule has 0 atom stereocenters. The van der Waals surface area contributed by atoms with Crippen molar-refractivity contribution in [2.75, 3.05) is 5.32 Å². The second kappa shape index (κ2) is 7.95. The molecule has 29 heavy (non-hydrogen) atoms. The number of aromatic nitrogens is 2. The molecule has 0 saturated carbocycles. The number of aryl methyl sites for hydroxylation is 1. The van der Waals surface area contributed by atoms with E-state index in [1.807, 2.05) is 13.0 Å². The van der Waals surface area contributed by atoms with E-state index in [1.165, 1.54) is 18.2 Å². The number of carbonyl (C=O) groups is 1. The van der Waals surface area contributed by atoms with Gasteiger partial charge in [0.15, 0.2) is 0 Å². The molecule has 3 heterocycles. The fourth-order valence-electron chi connectivity index (χ4n) is 3.36. The van der Waals surface area contributed by atoms with Crippen LogP contribution in [0.25, 0.3) is 0 Å². The quantitative estimate of drug-likeness (QED) is 0.660. The highest BCUT2D eigenvalue weighted by molar-refractivity contribution is 5.93. The number of rotatable bonds is 5. The summed E-state index contributed by atoms with van der Waals surface area (Å²) in [6.07, 6.45) is 4.76. The van der Waals surface area contributed by atoms with Crippen molar-refractivity contribution in [1.82, 2.24) is 9.97 Å². The van der Waals surface area contributed by atoms with Gasteiger partial charge in [0, 0.05) is 42.6 Å². The van der Waals surface area contributed by atoms with Gasteiger partial charge in [-0.25, -0.2) is 4.39 Å². The first-order valence-electron chi connectivity index (χ1n) is 9.28. The lowest BCUT2D eigenvalue weighted by Gasteiger charge is -2.19. The average molecular weight is 395 g/mol. The van der Waals surface area contributed by atoms with Crippen LogP contribution in [0.1, 0.15) is 34.2 Å². The summed E-state index contributed by atoms with van der Waals surface area (Å²) >= 11 is 0. The Hall–Kier alpha value is -3.35. The first-order chi connectivity index (χ1) is 14.0. The van der Waals surface area contributed by atoms with Gasteiger partial charge in [0.05, 0.1) is 0 Å². The van der Waals surface area contributed by atoms with Crippen molar-refractivity contribution >= 4 is 11.6 Å². The van der Waals surface area contributed by atoms with Crippen LogP contribution in [0.4, 0.5) is 14.5 Å². The fraction of sp³-hybridized carbons (Fsp3) is 0.227. The van der Waals surface area contributed by atoms with Crippen molar-refractivity contribution in [1.29, 1.82) is 0 Å². The number of hydrogen-bond donors (Lipinski definition) is 1. The summed E-state index contributed by atoms with van der Waals surface area (Å²) in [6.45, 7) is 2.10. The number of anilines is 1. The highest BCUT2D eigenvalue weighted by Crippen LogP contribution is 2.28. The van der Waals surface area contributed by atoms with E-state index < -0.39 is 5.95 Å². The van der Waals surface area contributed by atoms with Crippen molar-refractivity contribution in [3.8, 4) is 5.88 Å². The van der Waals surface area contributed by atoms with E-state index in [0.717, 1.165) is 22.3 Å². The van der Waals surface area contributed by atoms with Gasteiger partial charge in [-0.15, -0.1) is 0 Å². The smallest absolute Gasteiger partial charge is 0.224 e. The van der Waals surface area contributed by atoms with Gasteiger partial charge in [-0.1, -0.05) is 12.1 Å². The Balaban J connectivity index is 1.54. The molecule has 0 bridgehead atoms. The Kier molecular flexibility index (Phi) is 5.20. The Morgan fingerprint density at radius 1 is 1.10 bits per heavy atom. The van der Waals surface area contributed by atoms with Crippen LogP contribution in [-0.2, 0) is 24.2 Å². The van der Waals surface area contributed by atoms with Gasteiger partial charge in [-0.2, -0.15) is 9.37 Å². The number of benzene rings is 1. The Labute approximate surface area is 166 Å². The Morgan fingerprint density at radius 2 is 1.93 bits per heavy atom. The van der Waals surface area contributed by atoms with Crippen LogP contribution in [0.5, 0.6) is 5.88 Å². The van der Waals surface area contributed by atoms with Gasteiger partial charge in [-0.3, -0.25) is 9.78 Å². The van der Waals surface area contributed by atoms with Gasteiger partial charge in [-0.05, 0) is 47.7 Å². The maximum Gasteiger partial charge on any atom is 0.224 e. The predicted molar refractivity (Wildman–Crippen MR) is 104 cm³/mol. The second-order valence-corrected chi connectivity index (χ2v) is 7.00. The number of pyridine rings is 2. The van der Waals surface area contributed by atoms with Crippen LogP contribution in [0.15, 0.2) is 42.7 Å². The monoisotopic (exact) mass is 395 g/mol. The van der Waals surface area contributed by atoms with E-state index in [0.29, 0.717) is 30.5 Å². The Bertz CT molecular complexity index is 1090. The number of fused-ring (bicyclic) bond motifs is 1. The minimum atomic E-state index is -0.606. The van der Waals surface area contributed by atoms with Crippen LogP contribution in [0, 0.1) is 18.7 Å². The van der Waals surface area contributed by atoms with Gasteiger partial charge in [0.2, 0.25) is 17.7 Å². The minimum Gasteiger partial charge on any atom is -0.473 e. The third kappa shape index (κ3) is 4.23. The molecule has 1 aliphatic heterocycles. The fourth-order valence-corrected chi connectivity index (χ4v) is 3.36. The molecule has 7 heteroatoms. The summed E-state index contributed by atoms with van der Waals surface area (Å²) in [5.41, 5.74) is 4.65. The van der Waals surface area contributed by atoms with Crippen LogP contribution in [-0.4, -0.2) is 15.9 Å². The molecule has 0 unspecified atom stereocenters. The molecule has 1 N–H and O–H groups in total. The average Bonchev–Trinajstić information content (AvgIpc) is 2.69. The number of ether oxygens (including phenoxy) is 1. The number of nitrogens with zero attached hydrogens (tertiary/aromatic N) is 2. The van der Waals surface area contributed by atoms with E-state index in [4.69, 9.17) is 4.74 Å². The first-order valence-corrected chi connectivity index (χ1v) is 9.28. The van der Waals surface area contributed by atoms with Crippen molar-refractivity contribution in [3.05, 3.63) is 82.3 Å². The number of amides is 1. The zero-order valence-corrected chi connectivity index (χ0v) is 15.8. The molecule has 1 aliphatic rings. The molecule has 5 nitrogen and oxygen atoms in total. The molecule has 0 radical (unpaired) electrons.